The third-order valence-electron chi connectivity index (χ3n) is 2.62. The van der Waals surface area contributed by atoms with E-state index >= 15 is 0 Å². The molecule has 1 aromatic carbocycles. The largest absolute Gasteiger partial charge is 0.387 e. The molecule has 0 aromatic heterocycles. The summed E-state index contributed by atoms with van der Waals surface area (Å²) in [5.41, 5.74) is 0.700. The topological polar surface area (TPSA) is 52.6 Å². The molecule has 1 atom stereocenters. The number of carbonyl (C=O) groups is 1. The van der Waals surface area contributed by atoms with E-state index in [1.54, 1.807) is 31.1 Å². The number of halogens is 1. The van der Waals surface area contributed by atoms with Gasteiger partial charge in [0.2, 0.25) is 5.91 Å². The molecule has 0 fully saturated rings. The molecule has 1 amide bonds. The van der Waals surface area contributed by atoms with Crippen molar-refractivity contribution in [1.82, 2.24) is 10.2 Å². The molecule has 1 unspecified atom stereocenters. The summed E-state index contributed by atoms with van der Waals surface area (Å²) in [5, 5.41) is 13.5. The minimum Gasteiger partial charge on any atom is -0.387 e. The van der Waals surface area contributed by atoms with Crippen LogP contribution >= 0.6 is 11.6 Å². The third kappa shape index (κ3) is 4.64. The Morgan fingerprint density at radius 2 is 2.11 bits per heavy atom. The first-order valence-corrected chi connectivity index (χ1v) is 6.23. The smallest absolute Gasteiger partial charge is 0.223 e. The average molecular weight is 271 g/mol. The van der Waals surface area contributed by atoms with Gasteiger partial charge in [-0.3, -0.25) is 4.79 Å². The van der Waals surface area contributed by atoms with Crippen molar-refractivity contribution in [2.24, 2.45) is 0 Å². The molecule has 1 rings (SSSR count). The predicted molar refractivity (Wildman–Crippen MR) is 72.6 cm³/mol. The summed E-state index contributed by atoms with van der Waals surface area (Å²) in [4.78, 5) is 12.9. The van der Waals surface area contributed by atoms with Crippen LogP contribution in [-0.2, 0) is 4.79 Å². The normalized spacial score (nSPS) is 12.2. The zero-order valence-electron chi connectivity index (χ0n) is 10.7. The van der Waals surface area contributed by atoms with Crippen molar-refractivity contribution in [3.05, 3.63) is 34.9 Å². The Morgan fingerprint density at radius 3 is 2.72 bits per heavy atom. The standard InChI is InChI=1S/C13H19ClN2O2/c1-16(2)13(18)7-8-15-9-12(17)10-5-3-4-6-11(10)14/h3-6,12,15,17H,7-9H2,1-2H3. The monoisotopic (exact) mass is 270 g/mol. The molecule has 0 aliphatic carbocycles. The zero-order valence-corrected chi connectivity index (χ0v) is 11.4. The summed E-state index contributed by atoms with van der Waals surface area (Å²) < 4.78 is 0. The maximum Gasteiger partial charge on any atom is 0.223 e. The lowest BCUT2D eigenvalue weighted by atomic mass is 10.1. The van der Waals surface area contributed by atoms with Crippen LogP contribution in [0.1, 0.15) is 18.1 Å². The molecule has 18 heavy (non-hydrogen) atoms. The molecule has 0 saturated heterocycles. The number of nitrogens with one attached hydrogen (secondary N) is 1. The number of benzene rings is 1. The van der Waals surface area contributed by atoms with Gasteiger partial charge in [-0.25, -0.2) is 0 Å². The highest BCUT2D eigenvalue weighted by atomic mass is 35.5. The summed E-state index contributed by atoms with van der Waals surface area (Å²) in [6.07, 6.45) is -0.240. The van der Waals surface area contributed by atoms with Crippen LogP contribution in [-0.4, -0.2) is 43.1 Å². The Labute approximate surface area is 113 Å². The lowest BCUT2D eigenvalue weighted by Gasteiger charge is -2.14. The molecule has 100 valence electrons. The van der Waals surface area contributed by atoms with E-state index in [9.17, 15) is 9.90 Å². The van der Waals surface area contributed by atoms with E-state index in [2.05, 4.69) is 5.32 Å². The Hall–Kier alpha value is -1.10. The van der Waals surface area contributed by atoms with Crippen LogP contribution in [0, 0.1) is 0 Å². The molecule has 0 heterocycles. The second-order valence-corrected chi connectivity index (χ2v) is 4.69. The van der Waals surface area contributed by atoms with E-state index in [1.165, 1.54) is 0 Å². The highest BCUT2D eigenvalue weighted by molar-refractivity contribution is 6.31. The van der Waals surface area contributed by atoms with Crippen molar-refractivity contribution in [3.63, 3.8) is 0 Å². The molecule has 1 aromatic rings. The lowest BCUT2D eigenvalue weighted by Crippen LogP contribution is -2.28. The maximum atomic E-state index is 11.3. The number of nitrogens with zero attached hydrogens (tertiary/aromatic N) is 1. The molecule has 0 aliphatic heterocycles. The Bertz CT molecular complexity index is 396. The number of hydrogen-bond donors (Lipinski definition) is 2. The fraction of sp³-hybridized carbons (Fsp3) is 0.462. The van der Waals surface area contributed by atoms with E-state index < -0.39 is 6.10 Å². The van der Waals surface area contributed by atoms with Crippen LogP contribution in [0.4, 0.5) is 0 Å². The lowest BCUT2D eigenvalue weighted by molar-refractivity contribution is -0.128. The number of carbonyl (C=O) groups excluding carboxylic acids is 1. The predicted octanol–water partition coefficient (Wildman–Crippen LogP) is 1.44. The van der Waals surface area contributed by atoms with Crippen molar-refractivity contribution in [3.8, 4) is 0 Å². The minimum atomic E-state index is -0.659. The van der Waals surface area contributed by atoms with Gasteiger partial charge in [-0.15, -0.1) is 0 Å². The first kappa shape index (κ1) is 15.0. The summed E-state index contributed by atoms with van der Waals surface area (Å²) in [7, 11) is 3.45. The summed E-state index contributed by atoms with van der Waals surface area (Å²) in [6.45, 7) is 0.920. The quantitative estimate of drug-likeness (QED) is 0.769. The van der Waals surface area contributed by atoms with Crippen LogP contribution in [0.5, 0.6) is 0 Å². The van der Waals surface area contributed by atoms with Crippen molar-refractivity contribution in [2.75, 3.05) is 27.2 Å². The van der Waals surface area contributed by atoms with E-state index in [1.807, 2.05) is 12.1 Å². The van der Waals surface area contributed by atoms with Gasteiger partial charge < -0.3 is 15.3 Å². The van der Waals surface area contributed by atoms with Crippen molar-refractivity contribution >= 4 is 17.5 Å². The molecular formula is C13H19ClN2O2. The first-order valence-electron chi connectivity index (χ1n) is 5.85. The second-order valence-electron chi connectivity index (χ2n) is 4.28. The average Bonchev–Trinajstić information content (AvgIpc) is 2.34. The van der Waals surface area contributed by atoms with Crippen LogP contribution < -0.4 is 5.32 Å². The van der Waals surface area contributed by atoms with Crippen LogP contribution in [0.25, 0.3) is 0 Å². The van der Waals surface area contributed by atoms with E-state index in [4.69, 9.17) is 11.6 Å². The van der Waals surface area contributed by atoms with Gasteiger partial charge in [-0.1, -0.05) is 29.8 Å². The Morgan fingerprint density at radius 1 is 1.44 bits per heavy atom. The highest BCUT2D eigenvalue weighted by Gasteiger charge is 2.10. The van der Waals surface area contributed by atoms with Crippen LogP contribution in [0.15, 0.2) is 24.3 Å². The number of rotatable bonds is 6. The van der Waals surface area contributed by atoms with Crippen LogP contribution in [0.3, 0.4) is 0 Å². The molecule has 0 spiro atoms. The fourth-order valence-corrected chi connectivity index (χ4v) is 1.77. The minimum absolute atomic E-state index is 0.0646. The summed E-state index contributed by atoms with van der Waals surface area (Å²) >= 11 is 5.98. The van der Waals surface area contributed by atoms with Crippen LogP contribution in [0.2, 0.25) is 5.02 Å². The van der Waals surface area contributed by atoms with Gasteiger partial charge in [0.25, 0.3) is 0 Å². The van der Waals surface area contributed by atoms with Gasteiger partial charge in [0, 0.05) is 44.2 Å². The molecule has 5 heteroatoms. The van der Waals surface area contributed by atoms with E-state index in [0.29, 0.717) is 30.1 Å². The molecule has 0 bridgehead atoms. The molecular weight excluding hydrogens is 252 g/mol. The van der Waals surface area contributed by atoms with E-state index in [0.717, 1.165) is 0 Å². The molecule has 2 N–H and O–H groups in total. The van der Waals surface area contributed by atoms with Gasteiger partial charge in [-0.05, 0) is 6.07 Å². The van der Waals surface area contributed by atoms with Gasteiger partial charge in [-0.2, -0.15) is 0 Å². The Kier molecular flexibility index (Phi) is 6.12. The number of aliphatic hydroxyl groups excluding tert-OH is 1. The SMILES string of the molecule is CN(C)C(=O)CCNCC(O)c1ccccc1Cl. The first-order chi connectivity index (χ1) is 8.52. The molecule has 0 saturated carbocycles. The number of hydrogen-bond acceptors (Lipinski definition) is 3. The molecule has 4 nitrogen and oxygen atoms in total. The number of amides is 1. The highest BCUT2D eigenvalue weighted by Crippen LogP contribution is 2.21. The van der Waals surface area contributed by atoms with Gasteiger partial charge in [0.15, 0.2) is 0 Å². The molecule has 0 aliphatic rings. The van der Waals surface area contributed by atoms with Crippen molar-refractivity contribution < 1.29 is 9.90 Å². The Balaban J connectivity index is 2.32. The maximum absolute atomic E-state index is 11.3. The van der Waals surface area contributed by atoms with Gasteiger partial charge >= 0.3 is 0 Å². The van der Waals surface area contributed by atoms with Gasteiger partial charge in [0.05, 0.1) is 6.10 Å². The van der Waals surface area contributed by atoms with Crippen molar-refractivity contribution in [1.29, 1.82) is 0 Å². The number of aliphatic hydroxyl groups is 1. The summed E-state index contributed by atoms with van der Waals surface area (Å²) in [6, 6.07) is 7.19. The summed E-state index contributed by atoms with van der Waals surface area (Å²) in [5.74, 6) is 0.0646. The van der Waals surface area contributed by atoms with Gasteiger partial charge in [0.1, 0.15) is 0 Å². The molecule has 0 radical (unpaired) electrons. The fourth-order valence-electron chi connectivity index (χ4n) is 1.51. The zero-order chi connectivity index (χ0) is 13.5. The van der Waals surface area contributed by atoms with Crippen molar-refractivity contribution in [2.45, 2.75) is 12.5 Å². The second kappa shape index (κ2) is 7.36. The third-order valence-corrected chi connectivity index (χ3v) is 2.96. The van der Waals surface area contributed by atoms with E-state index in [-0.39, 0.29) is 5.91 Å².